The molecule has 7 heteroatoms. The third kappa shape index (κ3) is 6.02. The third-order valence-electron chi connectivity index (χ3n) is 3.44. The van der Waals surface area contributed by atoms with Crippen LogP contribution < -0.4 is 5.32 Å². The highest BCUT2D eigenvalue weighted by Crippen LogP contribution is 2.12. The summed E-state index contributed by atoms with van der Waals surface area (Å²) in [6, 6.07) is 2.93. The smallest absolute Gasteiger partial charge is 0.305 e. The van der Waals surface area contributed by atoms with Gasteiger partial charge >= 0.3 is 5.97 Å². The zero-order valence-corrected chi connectivity index (χ0v) is 14.8. The lowest BCUT2D eigenvalue weighted by Gasteiger charge is -2.27. The topological polar surface area (TPSA) is 75.7 Å². The molecule has 0 aliphatic heterocycles. The molecule has 0 fully saturated rings. The van der Waals surface area contributed by atoms with Crippen LogP contribution in [0.1, 0.15) is 36.4 Å². The molecular weight excluding hydrogens is 316 g/mol. The number of hydrogen-bond donors (Lipinski definition) is 1. The number of rotatable bonds is 8. The maximum Gasteiger partial charge on any atom is 0.305 e. The molecule has 1 aromatic rings. The molecule has 0 saturated carbocycles. The Hall–Kier alpha value is -1.89. The van der Waals surface area contributed by atoms with Crippen LogP contribution in [0.4, 0.5) is 0 Å². The summed E-state index contributed by atoms with van der Waals surface area (Å²) in [4.78, 5) is 37.9. The Labute approximate surface area is 140 Å². The Morgan fingerprint density at radius 3 is 2.57 bits per heavy atom. The molecule has 0 aliphatic rings. The van der Waals surface area contributed by atoms with Gasteiger partial charge in [-0.1, -0.05) is 19.9 Å². The van der Waals surface area contributed by atoms with E-state index >= 15 is 0 Å². The fourth-order valence-corrected chi connectivity index (χ4v) is 2.67. The molecular formula is C16H24N2O4S. The van der Waals surface area contributed by atoms with E-state index in [9.17, 15) is 14.4 Å². The molecule has 2 amide bonds. The molecule has 1 rings (SSSR count). The Morgan fingerprint density at radius 1 is 1.35 bits per heavy atom. The van der Waals surface area contributed by atoms with Crippen LogP contribution in [0.25, 0.3) is 0 Å². The second kappa shape index (κ2) is 9.29. The van der Waals surface area contributed by atoms with Gasteiger partial charge in [-0.05, 0) is 23.8 Å². The van der Waals surface area contributed by atoms with Crippen LogP contribution in [0.5, 0.6) is 0 Å². The Morgan fingerprint density at radius 2 is 2.04 bits per heavy atom. The number of carbonyl (C=O) groups excluding carboxylic acids is 3. The van der Waals surface area contributed by atoms with Crippen LogP contribution in [0.3, 0.4) is 0 Å². The van der Waals surface area contributed by atoms with Crippen molar-refractivity contribution in [1.82, 2.24) is 10.2 Å². The van der Waals surface area contributed by atoms with E-state index in [4.69, 9.17) is 0 Å². The standard InChI is InChI=1S/C16H24N2O4S/c1-11(2)14(17-15(20)12-7-6-10-23-12)16(21)18(3)9-5-8-13(19)22-4/h6-7,10-11,14H,5,8-9H2,1-4H3,(H,17,20). The van der Waals surface area contributed by atoms with Gasteiger partial charge < -0.3 is 15.0 Å². The second-order valence-corrected chi connectivity index (χ2v) is 6.56. The number of thiophene rings is 1. The van der Waals surface area contributed by atoms with E-state index in [1.54, 1.807) is 24.1 Å². The van der Waals surface area contributed by atoms with Crippen molar-refractivity contribution in [2.75, 3.05) is 20.7 Å². The van der Waals surface area contributed by atoms with Gasteiger partial charge in [-0.15, -0.1) is 11.3 Å². The molecule has 0 saturated heterocycles. The molecule has 0 aromatic carbocycles. The summed E-state index contributed by atoms with van der Waals surface area (Å²) in [6.45, 7) is 4.21. The van der Waals surface area contributed by atoms with Gasteiger partial charge in [-0.25, -0.2) is 0 Å². The molecule has 1 aromatic heterocycles. The van der Waals surface area contributed by atoms with E-state index in [-0.39, 0.29) is 30.1 Å². The molecule has 6 nitrogen and oxygen atoms in total. The normalized spacial score (nSPS) is 11.9. The maximum atomic E-state index is 12.5. The van der Waals surface area contributed by atoms with Crippen molar-refractivity contribution in [3.63, 3.8) is 0 Å². The average Bonchev–Trinajstić information content (AvgIpc) is 3.05. The predicted molar refractivity (Wildman–Crippen MR) is 89.3 cm³/mol. The van der Waals surface area contributed by atoms with Crippen LogP contribution in [-0.2, 0) is 14.3 Å². The summed E-state index contributed by atoms with van der Waals surface area (Å²) in [7, 11) is 3.01. The van der Waals surface area contributed by atoms with Crippen LogP contribution in [0, 0.1) is 5.92 Å². The lowest BCUT2D eigenvalue weighted by molar-refractivity contribution is -0.141. The van der Waals surface area contributed by atoms with Crippen molar-refractivity contribution in [2.45, 2.75) is 32.7 Å². The van der Waals surface area contributed by atoms with Gasteiger partial charge in [0, 0.05) is 20.0 Å². The lowest BCUT2D eigenvalue weighted by Crippen LogP contribution is -2.50. The SMILES string of the molecule is COC(=O)CCCN(C)C(=O)C(NC(=O)c1cccs1)C(C)C. The number of likely N-dealkylation sites (N-methyl/N-ethyl adjacent to an activating group) is 1. The van der Waals surface area contributed by atoms with Crippen molar-refractivity contribution in [3.05, 3.63) is 22.4 Å². The van der Waals surface area contributed by atoms with Crippen molar-refractivity contribution >= 4 is 29.1 Å². The quantitative estimate of drug-likeness (QED) is 0.734. The first kappa shape index (κ1) is 19.2. The minimum absolute atomic E-state index is 0.0329. The summed E-state index contributed by atoms with van der Waals surface area (Å²) in [5.41, 5.74) is 0. The monoisotopic (exact) mass is 340 g/mol. The summed E-state index contributed by atoms with van der Waals surface area (Å²) in [5, 5.41) is 4.62. The first-order valence-electron chi connectivity index (χ1n) is 7.53. The number of nitrogens with zero attached hydrogens (tertiary/aromatic N) is 1. The molecule has 0 spiro atoms. The van der Waals surface area contributed by atoms with Gasteiger partial charge in [0.25, 0.3) is 5.91 Å². The van der Waals surface area contributed by atoms with Gasteiger partial charge in [-0.2, -0.15) is 0 Å². The van der Waals surface area contributed by atoms with E-state index in [1.165, 1.54) is 18.4 Å². The van der Waals surface area contributed by atoms with Gasteiger partial charge in [-0.3, -0.25) is 14.4 Å². The van der Waals surface area contributed by atoms with Gasteiger partial charge in [0.05, 0.1) is 12.0 Å². The minimum Gasteiger partial charge on any atom is -0.469 e. The molecule has 0 aliphatic carbocycles. The van der Waals surface area contributed by atoms with Crippen molar-refractivity contribution < 1.29 is 19.1 Å². The summed E-state index contributed by atoms with van der Waals surface area (Å²) < 4.78 is 4.57. The number of amides is 2. The van der Waals surface area contributed by atoms with Gasteiger partial charge in [0.1, 0.15) is 6.04 Å². The van der Waals surface area contributed by atoms with Crippen LogP contribution >= 0.6 is 11.3 Å². The lowest BCUT2D eigenvalue weighted by atomic mass is 10.0. The van der Waals surface area contributed by atoms with Crippen LogP contribution in [0.2, 0.25) is 0 Å². The summed E-state index contributed by atoms with van der Waals surface area (Å²) in [6.07, 6.45) is 0.792. The fourth-order valence-electron chi connectivity index (χ4n) is 2.04. The summed E-state index contributed by atoms with van der Waals surface area (Å²) in [5.74, 6) is -0.725. The highest BCUT2D eigenvalue weighted by molar-refractivity contribution is 7.12. The van der Waals surface area contributed by atoms with Gasteiger partial charge in [0.15, 0.2) is 0 Å². The number of methoxy groups -OCH3 is 1. The summed E-state index contributed by atoms with van der Waals surface area (Å²) >= 11 is 1.34. The molecule has 0 radical (unpaired) electrons. The number of esters is 1. The Balaban J connectivity index is 2.60. The highest BCUT2D eigenvalue weighted by atomic mass is 32.1. The number of hydrogen-bond acceptors (Lipinski definition) is 5. The third-order valence-corrected chi connectivity index (χ3v) is 4.31. The number of carbonyl (C=O) groups is 3. The number of nitrogens with one attached hydrogen (secondary N) is 1. The van der Waals surface area contributed by atoms with E-state index < -0.39 is 6.04 Å². The van der Waals surface area contributed by atoms with E-state index in [2.05, 4.69) is 10.1 Å². The van der Waals surface area contributed by atoms with Crippen molar-refractivity contribution in [1.29, 1.82) is 0 Å². The Bertz CT molecular complexity index is 528. The maximum absolute atomic E-state index is 12.5. The molecule has 1 unspecified atom stereocenters. The van der Waals surface area contributed by atoms with Crippen molar-refractivity contribution in [2.24, 2.45) is 5.92 Å². The molecule has 23 heavy (non-hydrogen) atoms. The van der Waals surface area contributed by atoms with Crippen LogP contribution in [-0.4, -0.2) is 49.4 Å². The van der Waals surface area contributed by atoms with Crippen molar-refractivity contribution in [3.8, 4) is 0 Å². The van der Waals surface area contributed by atoms with E-state index in [1.807, 2.05) is 19.2 Å². The zero-order chi connectivity index (χ0) is 17.4. The average molecular weight is 340 g/mol. The zero-order valence-electron chi connectivity index (χ0n) is 14.0. The predicted octanol–water partition coefficient (Wildman–Crippen LogP) is 1.91. The first-order chi connectivity index (χ1) is 10.9. The number of ether oxygens (including phenoxy) is 1. The molecule has 0 bridgehead atoms. The largest absolute Gasteiger partial charge is 0.469 e. The molecule has 1 heterocycles. The Kier molecular flexibility index (Phi) is 7.74. The molecule has 128 valence electrons. The minimum atomic E-state index is -0.590. The van der Waals surface area contributed by atoms with E-state index in [0.717, 1.165) is 0 Å². The van der Waals surface area contributed by atoms with E-state index in [0.29, 0.717) is 17.8 Å². The van der Waals surface area contributed by atoms with Crippen LogP contribution in [0.15, 0.2) is 17.5 Å². The van der Waals surface area contributed by atoms with Gasteiger partial charge in [0.2, 0.25) is 5.91 Å². The fraction of sp³-hybridized carbons (Fsp3) is 0.562. The molecule has 1 atom stereocenters. The first-order valence-corrected chi connectivity index (χ1v) is 8.41. The highest BCUT2D eigenvalue weighted by Gasteiger charge is 2.27. The molecule has 1 N–H and O–H groups in total. The second-order valence-electron chi connectivity index (χ2n) is 5.61.